The molecule has 30 heavy (non-hydrogen) atoms. The van der Waals surface area contributed by atoms with Crippen molar-refractivity contribution >= 4 is 11.9 Å². The molecule has 3 amide bonds. The predicted octanol–water partition coefficient (Wildman–Crippen LogP) is 3.13. The van der Waals surface area contributed by atoms with E-state index in [4.69, 9.17) is 9.47 Å². The predicted molar refractivity (Wildman–Crippen MR) is 115 cm³/mol. The molecule has 2 heterocycles. The number of likely N-dealkylation sites (tertiary alicyclic amines) is 1. The number of hydrogen-bond acceptors (Lipinski definition) is 5. The van der Waals surface area contributed by atoms with Gasteiger partial charge in [-0.1, -0.05) is 19.1 Å². The fourth-order valence-corrected chi connectivity index (χ4v) is 4.59. The summed E-state index contributed by atoms with van der Waals surface area (Å²) in [5, 5.41) is 0. The Balaban J connectivity index is 1.80. The molecule has 1 aromatic carbocycles. The Morgan fingerprint density at radius 3 is 2.33 bits per heavy atom. The molecule has 0 radical (unpaired) electrons. The summed E-state index contributed by atoms with van der Waals surface area (Å²) in [6.07, 6.45) is 3.19. The third-order valence-corrected chi connectivity index (χ3v) is 6.69. The van der Waals surface area contributed by atoms with Crippen molar-refractivity contribution in [1.82, 2.24) is 14.7 Å². The van der Waals surface area contributed by atoms with E-state index in [2.05, 4.69) is 18.7 Å². The Morgan fingerprint density at radius 1 is 1.10 bits per heavy atom. The number of benzene rings is 1. The van der Waals surface area contributed by atoms with Gasteiger partial charge in [-0.15, -0.1) is 0 Å². The summed E-state index contributed by atoms with van der Waals surface area (Å²) in [5.74, 6) is 0.706. The van der Waals surface area contributed by atoms with Crippen molar-refractivity contribution in [1.29, 1.82) is 0 Å². The number of carbonyl (C=O) groups is 2. The van der Waals surface area contributed by atoms with E-state index in [9.17, 15) is 9.59 Å². The van der Waals surface area contributed by atoms with Crippen molar-refractivity contribution in [2.24, 2.45) is 0 Å². The largest absolute Gasteiger partial charge is 0.497 e. The van der Waals surface area contributed by atoms with Crippen LogP contribution in [0.4, 0.5) is 4.79 Å². The number of ether oxygens (including phenoxy) is 2. The quantitative estimate of drug-likeness (QED) is 0.456. The van der Waals surface area contributed by atoms with Crippen LogP contribution in [-0.2, 0) is 16.1 Å². The first-order valence-corrected chi connectivity index (χ1v) is 11.0. The second kappa shape index (κ2) is 9.79. The van der Waals surface area contributed by atoms with Crippen LogP contribution in [0.5, 0.6) is 5.75 Å². The van der Waals surface area contributed by atoms with Gasteiger partial charge in [0.2, 0.25) is 0 Å². The van der Waals surface area contributed by atoms with Gasteiger partial charge in [0.1, 0.15) is 11.3 Å². The first-order chi connectivity index (χ1) is 14.5. The van der Waals surface area contributed by atoms with E-state index in [0.29, 0.717) is 38.6 Å². The van der Waals surface area contributed by atoms with E-state index >= 15 is 0 Å². The van der Waals surface area contributed by atoms with E-state index in [-0.39, 0.29) is 11.9 Å². The van der Waals surface area contributed by atoms with Crippen LogP contribution in [0.25, 0.3) is 0 Å². The van der Waals surface area contributed by atoms with Gasteiger partial charge in [0.15, 0.2) is 0 Å². The van der Waals surface area contributed by atoms with Crippen molar-refractivity contribution < 1.29 is 19.1 Å². The number of carbonyl (C=O) groups excluding carboxylic acids is 2. The summed E-state index contributed by atoms with van der Waals surface area (Å²) in [4.78, 5) is 32.6. The Hall–Kier alpha value is -2.12. The highest BCUT2D eigenvalue weighted by molar-refractivity contribution is 6.07. The normalized spacial score (nSPS) is 20.3. The van der Waals surface area contributed by atoms with Gasteiger partial charge in [0.25, 0.3) is 5.91 Å². The lowest BCUT2D eigenvalue weighted by Crippen LogP contribution is -2.57. The zero-order valence-electron chi connectivity index (χ0n) is 18.7. The number of hydrogen-bond donors (Lipinski definition) is 0. The van der Waals surface area contributed by atoms with Gasteiger partial charge in [-0.25, -0.2) is 4.79 Å². The molecule has 0 N–H and O–H groups in total. The fraction of sp³-hybridized carbons (Fsp3) is 0.652. The summed E-state index contributed by atoms with van der Waals surface area (Å²) in [7, 11) is 3.28. The van der Waals surface area contributed by atoms with Crippen molar-refractivity contribution in [2.75, 3.05) is 40.5 Å². The van der Waals surface area contributed by atoms with Crippen LogP contribution < -0.4 is 4.74 Å². The van der Waals surface area contributed by atoms with E-state index in [0.717, 1.165) is 37.2 Å². The number of rotatable bonds is 9. The fourth-order valence-electron chi connectivity index (χ4n) is 4.59. The second-order valence-corrected chi connectivity index (χ2v) is 8.34. The van der Waals surface area contributed by atoms with Crippen LogP contribution in [-0.4, -0.2) is 78.7 Å². The first-order valence-electron chi connectivity index (χ1n) is 11.0. The van der Waals surface area contributed by atoms with Gasteiger partial charge in [-0.3, -0.25) is 9.69 Å². The zero-order chi connectivity index (χ0) is 21.7. The van der Waals surface area contributed by atoms with Crippen LogP contribution in [0.15, 0.2) is 24.3 Å². The van der Waals surface area contributed by atoms with Crippen LogP contribution in [0.2, 0.25) is 0 Å². The van der Waals surface area contributed by atoms with Crippen molar-refractivity contribution in [2.45, 2.75) is 57.7 Å². The smallest absolute Gasteiger partial charge is 0.327 e. The molecular formula is C23H35N3O4. The number of piperidine rings is 1. The van der Waals surface area contributed by atoms with Crippen LogP contribution in [0, 0.1) is 0 Å². The lowest BCUT2D eigenvalue weighted by atomic mass is 9.85. The minimum Gasteiger partial charge on any atom is -0.497 e. The van der Waals surface area contributed by atoms with Crippen molar-refractivity contribution in [3.8, 4) is 5.75 Å². The van der Waals surface area contributed by atoms with Crippen LogP contribution >= 0.6 is 0 Å². The summed E-state index contributed by atoms with van der Waals surface area (Å²) in [5.41, 5.74) is 0.199. The minimum absolute atomic E-state index is 0.0514. The Bertz CT molecular complexity index is 728. The molecule has 2 saturated heterocycles. The van der Waals surface area contributed by atoms with Gasteiger partial charge >= 0.3 is 6.03 Å². The molecule has 0 aromatic heterocycles. The Morgan fingerprint density at radius 2 is 1.77 bits per heavy atom. The Labute approximate surface area is 179 Å². The molecule has 7 heteroatoms. The van der Waals surface area contributed by atoms with Crippen molar-refractivity contribution in [3.63, 3.8) is 0 Å². The molecule has 1 spiro atoms. The minimum atomic E-state index is -0.721. The molecule has 0 unspecified atom stereocenters. The SMILES string of the molecule is CC[C@@H](C)N1CCC2(CC1)C(=O)N(Cc1ccc(OC)cc1)C(=O)N2CCCOC. The standard InChI is InChI=1S/C23H35N3O4/c1-5-18(2)24-14-11-23(12-15-24)21(27)25(22(28)26(23)13-6-16-29-3)17-19-7-9-20(30-4)10-8-19/h7-10,18H,5-6,11-17H2,1-4H3/t18-/m1/s1. The van der Waals surface area contributed by atoms with Gasteiger partial charge in [0.05, 0.1) is 13.7 Å². The third kappa shape index (κ3) is 4.32. The lowest BCUT2D eigenvalue weighted by Gasteiger charge is -2.44. The average Bonchev–Trinajstić information content (AvgIpc) is 2.96. The molecule has 7 nitrogen and oxygen atoms in total. The Kier molecular flexibility index (Phi) is 7.36. The molecule has 166 valence electrons. The third-order valence-electron chi connectivity index (χ3n) is 6.69. The van der Waals surface area contributed by atoms with E-state index in [1.54, 1.807) is 14.2 Å². The summed E-state index contributed by atoms with van der Waals surface area (Å²) < 4.78 is 10.4. The maximum Gasteiger partial charge on any atom is 0.327 e. The highest BCUT2D eigenvalue weighted by atomic mass is 16.5. The molecule has 3 rings (SSSR count). The monoisotopic (exact) mass is 417 g/mol. The summed E-state index contributed by atoms with van der Waals surface area (Å²) in [6, 6.07) is 7.85. The van der Waals surface area contributed by atoms with Gasteiger partial charge < -0.3 is 19.3 Å². The number of amides is 3. The summed E-state index contributed by atoms with van der Waals surface area (Å²) >= 11 is 0. The second-order valence-electron chi connectivity index (χ2n) is 8.34. The molecule has 2 fully saturated rings. The maximum atomic E-state index is 13.6. The molecule has 1 atom stereocenters. The van der Waals surface area contributed by atoms with Gasteiger partial charge in [-0.05, 0) is 50.3 Å². The van der Waals surface area contributed by atoms with E-state index in [1.165, 1.54) is 4.90 Å². The van der Waals surface area contributed by atoms with Crippen molar-refractivity contribution in [3.05, 3.63) is 29.8 Å². The molecule has 1 aromatic rings. The zero-order valence-corrected chi connectivity index (χ0v) is 18.7. The number of nitrogens with zero attached hydrogens (tertiary/aromatic N) is 3. The highest BCUT2D eigenvalue weighted by Crippen LogP contribution is 2.38. The lowest BCUT2D eigenvalue weighted by molar-refractivity contribution is -0.136. The molecular weight excluding hydrogens is 382 g/mol. The first kappa shape index (κ1) is 22.6. The average molecular weight is 418 g/mol. The highest BCUT2D eigenvalue weighted by Gasteiger charge is 2.57. The van der Waals surface area contributed by atoms with Gasteiger partial charge in [0, 0.05) is 39.4 Å². The maximum absolute atomic E-state index is 13.6. The molecule has 0 bridgehead atoms. The van der Waals surface area contributed by atoms with Crippen LogP contribution in [0.1, 0.15) is 45.1 Å². The number of methoxy groups -OCH3 is 2. The summed E-state index contributed by atoms with van der Waals surface area (Å²) in [6.45, 7) is 7.50. The number of urea groups is 1. The molecule has 2 aliphatic rings. The molecule has 0 aliphatic carbocycles. The van der Waals surface area contributed by atoms with E-state index < -0.39 is 5.54 Å². The topological polar surface area (TPSA) is 62.3 Å². The number of imide groups is 1. The van der Waals surface area contributed by atoms with E-state index in [1.807, 2.05) is 29.2 Å². The molecule has 0 saturated carbocycles. The van der Waals surface area contributed by atoms with Crippen LogP contribution in [0.3, 0.4) is 0 Å². The van der Waals surface area contributed by atoms with Gasteiger partial charge in [-0.2, -0.15) is 0 Å². The molecule has 2 aliphatic heterocycles.